The van der Waals surface area contributed by atoms with Crippen LogP contribution >= 0.6 is 0 Å². The van der Waals surface area contributed by atoms with Gasteiger partial charge in [0.2, 0.25) is 0 Å². The van der Waals surface area contributed by atoms with E-state index < -0.39 is 135 Å². The van der Waals surface area contributed by atoms with Crippen LogP contribution in [0.25, 0.3) is 0 Å². The Hall–Kier alpha value is -3.40. The maximum absolute atomic E-state index is 12.6. The van der Waals surface area contributed by atoms with Crippen LogP contribution in [0.4, 0.5) is 0 Å². The summed E-state index contributed by atoms with van der Waals surface area (Å²) in [5, 5.41) is 108. The molecule has 0 radical (unpaired) electrons. The van der Waals surface area contributed by atoms with E-state index in [0.717, 1.165) is 0 Å². The summed E-state index contributed by atoms with van der Waals surface area (Å²) < 4.78 is 23.4. The van der Waals surface area contributed by atoms with Gasteiger partial charge in [-0.05, 0) is 39.5 Å². The SMILES string of the molecule is CC1CC(N)C(O)C(O[C@H]2/C=C/C=C/C=C/C=C/C=C/C=C/C=C/[C@H](C)[C@@H](O)[C@@H](C)[C@H](C)OC(=O)C[C@H](O)C[C@H](O)CC[C@@H](O)[C@H](O)C[C@H](O)C[C@]3(O)C[C@H](O)[C@@H](C(=O)O)[C@H](C2)O3)O1. The van der Waals surface area contributed by atoms with E-state index in [4.69, 9.17) is 24.7 Å². The van der Waals surface area contributed by atoms with Crippen LogP contribution in [-0.4, -0.2) is 154 Å². The molecule has 2 saturated heterocycles. The summed E-state index contributed by atoms with van der Waals surface area (Å²) in [6.07, 6.45) is 6.77. The van der Waals surface area contributed by atoms with Gasteiger partial charge < -0.3 is 75.7 Å². The van der Waals surface area contributed by atoms with Crippen LogP contribution in [-0.2, 0) is 28.5 Å². The van der Waals surface area contributed by atoms with Crippen molar-refractivity contribution in [2.24, 2.45) is 23.5 Å². The number of hydrogen-bond donors (Lipinski definition) is 11. The molecule has 0 spiro atoms. The van der Waals surface area contributed by atoms with Gasteiger partial charge in [0.25, 0.3) is 0 Å². The highest BCUT2D eigenvalue weighted by molar-refractivity contribution is 5.71. The molecule has 2 fully saturated rings. The van der Waals surface area contributed by atoms with E-state index in [9.17, 15) is 60.7 Å². The smallest absolute Gasteiger partial charge is 0.311 e. The van der Waals surface area contributed by atoms with Crippen molar-refractivity contribution in [2.75, 3.05) is 0 Å². The first-order chi connectivity index (χ1) is 30.2. The molecule has 64 heavy (non-hydrogen) atoms. The largest absolute Gasteiger partial charge is 0.481 e. The van der Waals surface area contributed by atoms with Gasteiger partial charge >= 0.3 is 11.9 Å². The molecule has 3 heterocycles. The Morgan fingerprint density at radius 3 is 1.86 bits per heavy atom. The lowest BCUT2D eigenvalue weighted by Crippen LogP contribution is -2.57. The van der Waals surface area contributed by atoms with Gasteiger partial charge in [0.1, 0.15) is 18.1 Å². The molecule has 17 nitrogen and oxygen atoms in total. The van der Waals surface area contributed by atoms with Crippen LogP contribution in [0.5, 0.6) is 0 Å². The third-order valence-corrected chi connectivity index (χ3v) is 11.8. The van der Waals surface area contributed by atoms with Gasteiger partial charge in [0.05, 0.1) is 67.5 Å². The molecule has 0 aromatic carbocycles. The molecular weight excluding hydrogens is 835 g/mol. The molecule has 0 aromatic heterocycles. The summed E-state index contributed by atoms with van der Waals surface area (Å²) in [6, 6.07) is -0.671. The molecule has 3 rings (SSSR count). The Morgan fingerprint density at radius 2 is 1.27 bits per heavy atom. The van der Waals surface area contributed by atoms with Crippen LogP contribution in [0.1, 0.15) is 85.5 Å². The molecular formula is C47H73NO16. The van der Waals surface area contributed by atoms with Gasteiger partial charge in [0.15, 0.2) is 12.1 Å². The Labute approximate surface area is 376 Å². The van der Waals surface area contributed by atoms with Gasteiger partial charge in [-0.2, -0.15) is 0 Å². The topological polar surface area (TPSA) is 299 Å². The van der Waals surface area contributed by atoms with E-state index in [0.29, 0.717) is 6.42 Å². The Morgan fingerprint density at radius 1 is 0.688 bits per heavy atom. The number of carbonyl (C=O) groups is 2. The summed E-state index contributed by atoms with van der Waals surface area (Å²) in [5.41, 5.74) is 6.12. The molecule has 17 heteroatoms. The second kappa shape index (κ2) is 27.3. The number of aliphatic hydroxyl groups is 9. The van der Waals surface area contributed by atoms with Gasteiger partial charge in [-0.3, -0.25) is 9.59 Å². The van der Waals surface area contributed by atoms with E-state index >= 15 is 0 Å². The average Bonchev–Trinajstić information content (AvgIpc) is 3.19. The standard InChI is InChI=1S/C47H73NO16/c1-28-17-15-13-11-9-7-5-6-8-10-12-14-16-18-35(63-46-44(57)36(48)21-29(2)61-46)25-40-42(45(58)59)39(54)27-47(60,64-40)26-34(51)23-38(53)37(52)20-19-32(49)22-33(50)24-41(55)62-31(4)30(3)43(28)56/h5-18,28-40,42-44,46,49-54,56-57,60H,19-27,48H2,1-4H3,(H,58,59)/b6-5+,9-7+,10-8+,13-11+,14-12+,17-15+,18-16+/t28-,29?,30-,31-,32+,33+,34-,35-,36?,37+,38+,39-,40-,42+,43+,44?,46?,47+/m0/s1. The first-order valence-corrected chi connectivity index (χ1v) is 22.2. The highest BCUT2D eigenvalue weighted by Crippen LogP contribution is 2.38. The number of carboxylic acid groups (broad SMARTS) is 1. The van der Waals surface area contributed by atoms with Gasteiger partial charge in [0, 0.05) is 43.6 Å². The van der Waals surface area contributed by atoms with Crippen LogP contribution in [0.2, 0.25) is 0 Å². The Kier molecular flexibility index (Phi) is 23.4. The molecule has 0 saturated carbocycles. The molecule has 4 unspecified atom stereocenters. The van der Waals surface area contributed by atoms with E-state index in [1.165, 1.54) is 0 Å². The maximum Gasteiger partial charge on any atom is 0.311 e. The number of esters is 1. The lowest BCUT2D eigenvalue weighted by molar-refractivity contribution is -0.305. The fourth-order valence-corrected chi connectivity index (χ4v) is 7.99. The first-order valence-electron chi connectivity index (χ1n) is 22.2. The number of cyclic esters (lactones) is 1. The predicted molar refractivity (Wildman–Crippen MR) is 236 cm³/mol. The number of rotatable bonds is 3. The highest BCUT2D eigenvalue weighted by Gasteiger charge is 2.50. The zero-order valence-electron chi connectivity index (χ0n) is 37.3. The van der Waals surface area contributed by atoms with Crippen molar-refractivity contribution < 1.29 is 79.6 Å². The lowest BCUT2D eigenvalue weighted by atomic mass is 9.82. The number of nitrogens with two attached hydrogens (primary N) is 1. The van der Waals surface area contributed by atoms with Gasteiger partial charge in [-0.15, -0.1) is 0 Å². The second-order valence-electron chi connectivity index (χ2n) is 17.5. The zero-order valence-corrected chi connectivity index (χ0v) is 37.3. The van der Waals surface area contributed by atoms with E-state index in [2.05, 4.69) is 0 Å². The fourth-order valence-electron chi connectivity index (χ4n) is 7.99. The van der Waals surface area contributed by atoms with Crippen LogP contribution in [0, 0.1) is 17.8 Å². The summed E-state index contributed by atoms with van der Waals surface area (Å²) in [7, 11) is 0. The molecule has 0 aromatic rings. The summed E-state index contributed by atoms with van der Waals surface area (Å²) >= 11 is 0. The number of aliphatic carboxylic acids is 1. The van der Waals surface area contributed by atoms with Gasteiger partial charge in [-0.25, -0.2) is 0 Å². The third kappa shape index (κ3) is 18.8. The Balaban J connectivity index is 1.85. The first kappa shape index (κ1) is 54.9. The molecule has 3 aliphatic heterocycles. The average molecular weight is 908 g/mol. The minimum absolute atomic E-state index is 0.0938. The van der Waals surface area contributed by atoms with Crippen molar-refractivity contribution >= 4 is 11.9 Å². The summed E-state index contributed by atoms with van der Waals surface area (Å²) in [5.74, 6) is -6.69. The minimum atomic E-state index is -2.29. The van der Waals surface area contributed by atoms with Crippen LogP contribution in [0.3, 0.4) is 0 Å². The predicted octanol–water partition coefficient (Wildman–Crippen LogP) is 1.74. The molecule has 12 N–H and O–H groups in total. The monoisotopic (exact) mass is 907 g/mol. The zero-order chi connectivity index (χ0) is 47.6. The number of aliphatic hydroxyl groups excluding tert-OH is 8. The Bertz CT molecular complexity index is 1630. The molecule has 362 valence electrons. The van der Waals surface area contributed by atoms with Gasteiger partial charge in [-0.1, -0.05) is 98.9 Å². The van der Waals surface area contributed by atoms with Crippen LogP contribution < -0.4 is 5.73 Å². The number of carbonyl (C=O) groups excluding carboxylic acids is 1. The molecule has 18 atom stereocenters. The van der Waals surface area contributed by atoms with Crippen LogP contribution in [0.15, 0.2) is 85.1 Å². The van der Waals surface area contributed by atoms with E-state index in [-0.39, 0.29) is 37.7 Å². The fraction of sp³-hybridized carbons (Fsp3) is 0.660. The van der Waals surface area contributed by atoms with Crippen molar-refractivity contribution in [3.05, 3.63) is 85.1 Å². The molecule has 0 amide bonds. The minimum Gasteiger partial charge on any atom is -0.481 e. The number of hydrogen-bond acceptors (Lipinski definition) is 16. The molecule has 2 bridgehead atoms. The third-order valence-electron chi connectivity index (χ3n) is 11.8. The summed E-state index contributed by atoms with van der Waals surface area (Å²) in [4.78, 5) is 25.1. The number of allylic oxidation sites excluding steroid dienone is 12. The second-order valence-corrected chi connectivity index (χ2v) is 17.5. The van der Waals surface area contributed by atoms with Crippen molar-refractivity contribution in [2.45, 2.75) is 177 Å². The number of fused-ring (bicyclic) bond motifs is 2. The molecule has 3 aliphatic rings. The van der Waals surface area contributed by atoms with E-state index in [1.54, 1.807) is 69.4 Å². The quantitative estimate of drug-likeness (QED) is 0.180. The highest BCUT2D eigenvalue weighted by atomic mass is 16.7. The van der Waals surface area contributed by atoms with Crippen molar-refractivity contribution in [3.8, 4) is 0 Å². The maximum atomic E-state index is 12.6. The number of ether oxygens (including phenoxy) is 4. The number of carboxylic acids is 1. The summed E-state index contributed by atoms with van der Waals surface area (Å²) in [6.45, 7) is 6.99. The lowest BCUT2D eigenvalue weighted by Gasteiger charge is -2.45. The van der Waals surface area contributed by atoms with Crippen molar-refractivity contribution in [3.63, 3.8) is 0 Å². The normalized spacial score (nSPS) is 44.8. The van der Waals surface area contributed by atoms with E-state index in [1.807, 2.05) is 43.4 Å². The van der Waals surface area contributed by atoms with Crippen molar-refractivity contribution in [1.82, 2.24) is 0 Å². The molecule has 0 aliphatic carbocycles. The van der Waals surface area contributed by atoms with Crippen molar-refractivity contribution in [1.29, 1.82) is 0 Å².